The van der Waals surface area contributed by atoms with E-state index in [1.165, 1.54) is 76.5 Å². The second-order valence-electron chi connectivity index (χ2n) is 13.4. The van der Waals surface area contributed by atoms with E-state index in [1.807, 2.05) is 0 Å². The van der Waals surface area contributed by atoms with Gasteiger partial charge in [0.15, 0.2) is 0 Å². The maximum Gasteiger partial charge on any atom is 0.0561 e. The molecule has 3 heteroatoms. The fourth-order valence-corrected chi connectivity index (χ4v) is 8.39. The van der Waals surface area contributed by atoms with Gasteiger partial charge < -0.3 is 13.7 Å². The average molecular weight is 650 g/mol. The van der Waals surface area contributed by atoms with Crippen LogP contribution in [-0.2, 0) is 0 Å². The van der Waals surface area contributed by atoms with Crippen molar-refractivity contribution in [3.63, 3.8) is 0 Å². The van der Waals surface area contributed by atoms with Gasteiger partial charge in [-0.2, -0.15) is 0 Å². The summed E-state index contributed by atoms with van der Waals surface area (Å²) in [7, 11) is 0. The van der Waals surface area contributed by atoms with Crippen molar-refractivity contribution in [1.29, 1.82) is 0 Å². The Morgan fingerprint density at radius 1 is 0.216 bits per heavy atom. The number of para-hydroxylation sites is 4. The third-order valence-corrected chi connectivity index (χ3v) is 10.6. The molecule has 0 aliphatic carbocycles. The molecular formula is C48H31N3. The summed E-state index contributed by atoms with van der Waals surface area (Å²) in [6.45, 7) is 0. The number of rotatable bonds is 4. The van der Waals surface area contributed by atoms with Crippen molar-refractivity contribution in [2.75, 3.05) is 0 Å². The summed E-state index contributed by atoms with van der Waals surface area (Å²) >= 11 is 0. The van der Waals surface area contributed by atoms with Gasteiger partial charge in [0.25, 0.3) is 0 Å². The van der Waals surface area contributed by atoms with E-state index in [-0.39, 0.29) is 0 Å². The SMILES string of the molecule is c1ccc(-c2ccc3c(c2)c2ccc(-n4c5ccccc5c5cc(-n6c7ccccc7c7ccccc76)ccc54)cc2n3-c2ccccc2)cc1. The van der Waals surface area contributed by atoms with Crippen LogP contribution in [0, 0.1) is 0 Å². The zero-order valence-electron chi connectivity index (χ0n) is 27.7. The van der Waals surface area contributed by atoms with Gasteiger partial charge in [0, 0.05) is 49.4 Å². The molecule has 0 fully saturated rings. The van der Waals surface area contributed by atoms with Crippen LogP contribution in [0.2, 0.25) is 0 Å². The van der Waals surface area contributed by atoms with Crippen LogP contribution < -0.4 is 0 Å². The first-order valence-corrected chi connectivity index (χ1v) is 17.5. The molecule has 0 spiro atoms. The predicted octanol–water partition coefficient (Wildman–Crippen LogP) is 12.6. The molecule has 0 bridgehead atoms. The van der Waals surface area contributed by atoms with Gasteiger partial charge in [0.05, 0.1) is 33.1 Å². The summed E-state index contributed by atoms with van der Waals surface area (Å²) < 4.78 is 7.25. The van der Waals surface area contributed by atoms with E-state index in [9.17, 15) is 0 Å². The third kappa shape index (κ3) is 4.12. The lowest BCUT2D eigenvalue weighted by molar-refractivity contribution is 1.15. The van der Waals surface area contributed by atoms with E-state index in [0.29, 0.717) is 0 Å². The number of nitrogens with zero attached hydrogens (tertiary/aromatic N) is 3. The summed E-state index contributed by atoms with van der Waals surface area (Å²) in [5, 5.41) is 7.51. The molecule has 0 radical (unpaired) electrons. The Kier molecular flexibility index (Phi) is 5.96. The number of benzene rings is 8. The lowest BCUT2D eigenvalue weighted by atomic mass is 10.0. The van der Waals surface area contributed by atoms with E-state index in [1.54, 1.807) is 0 Å². The molecule has 51 heavy (non-hydrogen) atoms. The second kappa shape index (κ2) is 10.8. The number of aromatic nitrogens is 3. The first-order valence-electron chi connectivity index (χ1n) is 17.5. The van der Waals surface area contributed by atoms with Gasteiger partial charge in [0.2, 0.25) is 0 Å². The van der Waals surface area contributed by atoms with Crippen LogP contribution in [0.5, 0.6) is 0 Å². The maximum atomic E-state index is 2.43. The molecule has 0 N–H and O–H groups in total. The number of hydrogen-bond donors (Lipinski definition) is 0. The average Bonchev–Trinajstić information content (AvgIpc) is 3.83. The van der Waals surface area contributed by atoms with Crippen LogP contribution in [-0.4, -0.2) is 13.7 Å². The Morgan fingerprint density at radius 3 is 1.29 bits per heavy atom. The minimum Gasteiger partial charge on any atom is -0.309 e. The molecular weight excluding hydrogens is 619 g/mol. The molecule has 0 saturated heterocycles. The zero-order valence-corrected chi connectivity index (χ0v) is 27.7. The Bertz CT molecular complexity index is 3070. The highest BCUT2D eigenvalue weighted by Gasteiger charge is 2.19. The van der Waals surface area contributed by atoms with Crippen LogP contribution in [0.15, 0.2) is 188 Å². The zero-order chi connectivity index (χ0) is 33.5. The van der Waals surface area contributed by atoms with Gasteiger partial charge in [0.1, 0.15) is 0 Å². The van der Waals surface area contributed by atoms with Gasteiger partial charge in [-0.05, 0) is 83.9 Å². The normalized spacial score (nSPS) is 11.9. The summed E-state index contributed by atoms with van der Waals surface area (Å²) in [5.74, 6) is 0. The highest BCUT2D eigenvalue weighted by molar-refractivity contribution is 6.14. The van der Waals surface area contributed by atoms with E-state index >= 15 is 0 Å². The number of hydrogen-bond acceptors (Lipinski definition) is 0. The van der Waals surface area contributed by atoms with Crippen LogP contribution in [0.25, 0.3) is 93.6 Å². The molecule has 11 aromatic rings. The van der Waals surface area contributed by atoms with E-state index in [0.717, 1.165) is 17.1 Å². The third-order valence-electron chi connectivity index (χ3n) is 10.6. The Hall–Kier alpha value is -6.84. The topological polar surface area (TPSA) is 14.8 Å². The summed E-state index contributed by atoms with van der Waals surface area (Å²) in [4.78, 5) is 0. The van der Waals surface area contributed by atoms with Crippen molar-refractivity contribution in [2.45, 2.75) is 0 Å². The van der Waals surface area contributed by atoms with Crippen LogP contribution in [0.4, 0.5) is 0 Å². The van der Waals surface area contributed by atoms with Gasteiger partial charge in [-0.3, -0.25) is 0 Å². The monoisotopic (exact) mass is 649 g/mol. The highest BCUT2D eigenvalue weighted by Crippen LogP contribution is 2.40. The molecule has 238 valence electrons. The highest BCUT2D eigenvalue weighted by atomic mass is 15.0. The van der Waals surface area contributed by atoms with Crippen molar-refractivity contribution < 1.29 is 0 Å². The summed E-state index contributed by atoms with van der Waals surface area (Å²) in [6.07, 6.45) is 0. The van der Waals surface area contributed by atoms with Crippen molar-refractivity contribution in [3.05, 3.63) is 188 Å². The lowest BCUT2D eigenvalue weighted by Gasteiger charge is -2.12. The van der Waals surface area contributed by atoms with Crippen molar-refractivity contribution in [3.8, 4) is 28.2 Å². The molecule has 0 aliphatic heterocycles. The van der Waals surface area contributed by atoms with Gasteiger partial charge in [-0.1, -0.05) is 115 Å². The molecule has 8 aromatic carbocycles. The fourth-order valence-electron chi connectivity index (χ4n) is 8.39. The lowest BCUT2D eigenvalue weighted by Crippen LogP contribution is -1.97. The molecule has 0 aliphatic rings. The fraction of sp³-hybridized carbons (Fsp3) is 0. The number of fused-ring (bicyclic) bond motifs is 9. The molecule has 11 rings (SSSR count). The molecule has 0 unspecified atom stereocenters. The quantitative estimate of drug-likeness (QED) is 0.180. The van der Waals surface area contributed by atoms with Gasteiger partial charge in [-0.25, -0.2) is 0 Å². The summed E-state index contributed by atoms with van der Waals surface area (Å²) in [6, 6.07) is 68.5. The van der Waals surface area contributed by atoms with Gasteiger partial charge in [-0.15, -0.1) is 0 Å². The molecule has 0 saturated carbocycles. The Morgan fingerprint density at radius 2 is 0.647 bits per heavy atom. The summed E-state index contributed by atoms with van der Waals surface area (Å²) in [5.41, 5.74) is 13.1. The van der Waals surface area contributed by atoms with Crippen molar-refractivity contribution in [1.82, 2.24) is 13.7 Å². The molecule has 3 heterocycles. The van der Waals surface area contributed by atoms with Gasteiger partial charge >= 0.3 is 0 Å². The van der Waals surface area contributed by atoms with E-state index < -0.39 is 0 Å². The van der Waals surface area contributed by atoms with Crippen LogP contribution in [0.1, 0.15) is 0 Å². The first-order chi connectivity index (χ1) is 25.3. The molecule has 0 atom stereocenters. The first kappa shape index (κ1) is 28.0. The predicted molar refractivity (Wildman–Crippen MR) is 215 cm³/mol. The molecule has 3 aromatic heterocycles. The molecule has 0 amide bonds. The van der Waals surface area contributed by atoms with E-state index in [4.69, 9.17) is 0 Å². The van der Waals surface area contributed by atoms with Crippen molar-refractivity contribution in [2.24, 2.45) is 0 Å². The largest absolute Gasteiger partial charge is 0.309 e. The minimum atomic E-state index is 1.14. The maximum absolute atomic E-state index is 2.43. The smallest absolute Gasteiger partial charge is 0.0561 e. The van der Waals surface area contributed by atoms with Crippen LogP contribution in [0.3, 0.4) is 0 Å². The molecule has 3 nitrogen and oxygen atoms in total. The van der Waals surface area contributed by atoms with E-state index in [2.05, 4.69) is 202 Å². The minimum absolute atomic E-state index is 1.14. The standard InChI is InChI=1S/C48H31N3/c1-3-13-32(14-4-1)33-23-27-46-41(29-33)40-26-24-36(31-48(40)49(46)34-15-5-2-6-16-34)51-45-22-12-9-19-39(45)42-30-35(25-28-47(42)51)50-43-20-10-7-17-37(43)38-18-8-11-21-44(38)50/h1-31H. The Labute approximate surface area is 294 Å². The van der Waals surface area contributed by atoms with Crippen molar-refractivity contribution >= 4 is 65.4 Å². The second-order valence-corrected chi connectivity index (χ2v) is 13.4. The van der Waals surface area contributed by atoms with Crippen LogP contribution >= 0.6 is 0 Å². The Balaban J connectivity index is 1.16.